The fourth-order valence-electron chi connectivity index (χ4n) is 4.96. The van der Waals surface area contributed by atoms with Gasteiger partial charge in [0.2, 0.25) is 5.95 Å². The van der Waals surface area contributed by atoms with Crippen molar-refractivity contribution >= 4 is 34.4 Å². The number of halogens is 2. The molecule has 5 heterocycles. The van der Waals surface area contributed by atoms with Gasteiger partial charge >= 0.3 is 0 Å². The number of carbonyl (C=O) groups excluding carboxylic acids is 1. The quantitative estimate of drug-likeness (QED) is 0.355. The third-order valence-electron chi connectivity index (χ3n) is 7.06. The third kappa shape index (κ3) is 4.98. The SMILES string of the molecule is C=C1NCCN(c2ncc(Nc3ncc4ccn(-c5cc(F)c(CN6CCOCC6)c(F)c5)c4n3)cc2C)C1=O. The highest BCUT2D eigenvalue weighted by Gasteiger charge is 2.25. The molecule has 2 N–H and O–H groups in total. The summed E-state index contributed by atoms with van der Waals surface area (Å²) in [7, 11) is 0. The Balaban J connectivity index is 1.25. The Hall–Kier alpha value is -4.42. The maximum atomic E-state index is 15.1. The number of aryl methyl sites for hydroxylation is 1. The number of benzene rings is 1. The lowest BCUT2D eigenvalue weighted by molar-refractivity contribution is -0.116. The topological polar surface area (TPSA) is 100 Å². The first kappa shape index (κ1) is 25.8. The third-order valence-corrected chi connectivity index (χ3v) is 7.06. The molecule has 2 aliphatic heterocycles. The molecule has 0 radical (unpaired) electrons. The lowest BCUT2D eigenvalue weighted by Gasteiger charge is -2.29. The molecule has 0 atom stereocenters. The van der Waals surface area contributed by atoms with Gasteiger partial charge in [-0.2, -0.15) is 4.98 Å². The fourth-order valence-corrected chi connectivity index (χ4v) is 4.96. The van der Waals surface area contributed by atoms with Crippen LogP contribution in [0.25, 0.3) is 16.7 Å². The zero-order valence-corrected chi connectivity index (χ0v) is 22.0. The Bertz CT molecular complexity index is 1590. The molecule has 1 aromatic carbocycles. The van der Waals surface area contributed by atoms with E-state index in [9.17, 15) is 4.79 Å². The molecular weight excluding hydrogens is 518 g/mol. The molecule has 3 aromatic heterocycles. The van der Waals surface area contributed by atoms with Crippen molar-refractivity contribution in [2.24, 2.45) is 0 Å². The summed E-state index contributed by atoms with van der Waals surface area (Å²) in [4.78, 5) is 29.5. The van der Waals surface area contributed by atoms with Gasteiger partial charge in [0, 0.05) is 56.1 Å². The van der Waals surface area contributed by atoms with Crippen molar-refractivity contribution in [2.45, 2.75) is 13.5 Å². The second kappa shape index (κ2) is 10.6. The molecule has 40 heavy (non-hydrogen) atoms. The van der Waals surface area contributed by atoms with Crippen LogP contribution in [-0.2, 0) is 16.1 Å². The van der Waals surface area contributed by atoms with Gasteiger partial charge in [0.25, 0.3) is 5.91 Å². The van der Waals surface area contributed by atoms with Crippen LogP contribution in [0.2, 0.25) is 0 Å². The number of piperazine rings is 1. The standard InChI is InChI=1S/C28H28F2N8O2/c1-17-11-20(15-32-25(17)38-6-4-31-18(2)27(38)39)34-28-33-14-19-3-5-37(26(19)35-28)21-12-23(29)22(24(30)13-21)16-36-7-9-40-10-8-36/h3,5,11-15,31H,2,4,6-10,16H2,1H3,(H,33,34,35). The number of amides is 1. The maximum absolute atomic E-state index is 15.1. The Kier molecular flexibility index (Phi) is 6.86. The van der Waals surface area contributed by atoms with Crippen LogP contribution in [0.4, 0.5) is 26.2 Å². The minimum absolute atomic E-state index is 0.0391. The molecule has 6 rings (SSSR count). The largest absolute Gasteiger partial charge is 0.379 e. The van der Waals surface area contributed by atoms with Crippen LogP contribution in [0, 0.1) is 18.6 Å². The van der Waals surface area contributed by atoms with Crippen molar-refractivity contribution < 1.29 is 18.3 Å². The number of fused-ring (bicyclic) bond motifs is 1. The normalized spacial score (nSPS) is 16.4. The summed E-state index contributed by atoms with van der Waals surface area (Å²) >= 11 is 0. The maximum Gasteiger partial charge on any atom is 0.274 e. The van der Waals surface area contributed by atoms with Crippen molar-refractivity contribution in [1.82, 2.24) is 29.7 Å². The van der Waals surface area contributed by atoms with Crippen molar-refractivity contribution in [3.8, 4) is 5.69 Å². The summed E-state index contributed by atoms with van der Waals surface area (Å²) in [6, 6.07) is 6.29. The summed E-state index contributed by atoms with van der Waals surface area (Å²) in [5.74, 6) is -0.575. The molecule has 10 nitrogen and oxygen atoms in total. The molecule has 0 unspecified atom stereocenters. The second-order valence-electron chi connectivity index (χ2n) is 9.79. The highest BCUT2D eigenvalue weighted by atomic mass is 19.1. The number of hydrogen-bond donors (Lipinski definition) is 2. The Labute approximate surface area is 229 Å². The van der Waals surface area contributed by atoms with E-state index in [1.165, 1.54) is 12.1 Å². The number of anilines is 3. The molecular formula is C28H28F2N8O2. The molecule has 12 heteroatoms. The predicted octanol–water partition coefficient (Wildman–Crippen LogP) is 3.43. The smallest absolute Gasteiger partial charge is 0.274 e. The zero-order valence-electron chi connectivity index (χ0n) is 22.0. The Morgan fingerprint density at radius 3 is 2.62 bits per heavy atom. The lowest BCUT2D eigenvalue weighted by atomic mass is 10.1. The van der Waals surface area contributed by atoms with Gasteiger partial charge in [-0.25, -0.2) is 18.7 Å². The average Bonchev–Trinajstić information content (AvgIpc) is 3.36. The number of nitrogens with one attached hydrogen (secondary N) is 2. The van der Waals surface area contributed by atoms with Crippen molar-refractivity contribution in [3.05, 3.63) is 77.9 Å². The minimum Gasteiger partial charge on any atom is -0.379 e. The summed E-state index contributed by atoms with van der Waals surface area (Å²) in [5, 5.41) is 6.81. The first-order chi connectivity index (χ1) is 19.4. The Morgan fingerprint density at radius 2 is 1.88 bits per heavy atom. The highest BCUT2D eigenvalue weighted by Crippen LogP contribution is 2.27. The number of rotatable bonds is 6. The molecule has 4 aromatic rings. The summed E-state index contributed by atoms with van der Waals surface area (Å²) in [6.45, 7) is 9.28. The van der Waals surface area contributed by atoms with Gasteiger partial charge in [-0.15, -0.1) is 0 Å². The molecule has 206 valence electrons. The number of pyridine rings is 1. The number of morpholine rings is 1. The first-order valence-electron chi connectivity index (χ1n) is 13.0. The number of ether oxygens (including phenoxy) is 1. The van der Waals surface area contributed by atoms with Crippen molar-refractivity contribution in [2.75, 3.05) is 49.6 Å². The van der Waals surface area contributed by atoms with E-state index in [4.69, 9.17) is 4.74 Å². The second-order valence-corrected chi connectivity index (χ2v) is 9.79. The van der Waals surface area contributed by atoms with Gasteiger partial charge in [-0.3, -0.25) is 14.6 Å². The van der Waals surface area contributed by atoms with E-state index in [2.05, 4.69) is 32.2 Å². The number of hydrogen-bond acceptors (Lipinski definition) is 8. The van der Waals surface area contributed by atoms with Gasteiger partial charge in [-0.05, 0) is 36.8 Å². The van der Waals surface area contributed by atoms with Gasteiger partial charge in [-0.1, -0.05) is 6.58 Å². The zero-order chi connectivity index (χ0) is 27.8. The van der Waals surface area contributed by atoms with Crippen LogP contribution >= 0.6 is 0 Å². The number of nitrogens with zero attached hydrogens (tertiary/aromatic N) is 6. The van der Waals surface area contributed by atoms with E-state index in [-0.39, 0.29) is 24.0 Å². The van der Waals surface area contributed by atoms with Crippen LogP contribution < -0.4 is 15.5 Å². The van der Waals surface area contributed by atoms with Crippen LogP contribution in [0.5, 0.6) is 0 Å². The van der Waals surface area contributed by atoms with Crippen LogP contribution in [0.1, 0.15) is 11.1 Å². The molecule has 2 saturated heterocycles. The van der Waals surface area contributed by atoms with E-state index < -0.39 is 11.6 Å². The van der Waals surface area contributed by atoms with E-state index >= 15 is 8.78 Å². The monoisotopic (exact) mass is 546 g/mol. The van der Waals surface area contributed by atoms with Crippen LogP contribution in [-0.4, -0.2) is 69.7 Å². The summed E-state index contributed by atoms with van der Waals surface area (Å²) in [5.41, 5.74) is 2.61. The van der Waals surface area contributed by atoms with Gasteiger partial charge in [0.05, 0.1) is 36.5 Å². The van der Waals surface area contributed by atoms with E-state index in [0.717, 1.165) is 5.56 Å². The lowest BCUT2D eigenvalue weighted by Crippen LogP contribution is -2.46. The van der Waals surface area contributed by atoms with Gasteiger partial charge in [0.1, 0.15) is 23.1 Å². The summed E-state index contributed by atoms with van der Waals surface area (Å²) < 4.78 is 37.1. The van der Waals surface area contributed by atoms with Crippen molar-refractivity contribution in [1.29, 1.82) is 0 Å². The summed E-state index contributed by atoms with van der Waals surface area (Å²) in [6.07, 6.45) is 4.95. The first-order valence-corrected chi connectivity index (χ1v) is 13.0. The highest BCUT2D eigenvalue weighted by molar-refractivity contribution is 6.05. The molecule has 0 saturated carbocycles. The molecule has 1 amide bonds. The Morgan fingerprint density at radius 1 is 1.10 bits per heavy atom. The van der Waals surface area contributed by atoms with Crippen LogP contribution in [0.3, 0.4) is 0 Å². The molecule has 0 spiro atoms. The van der Waals surface area contributed by atoms with E-state index in [1.54, 1.807) is 34.1 Å². The minimum atomic E-state index is -0.607. The van der Waals surface area contributed by atoms with E-state index in [0.29, 0.717) is 73.3 Å². The molecule has 2 aliphatic rings. The molecule has 2 fully saturated rings. The van der Waals surface area contributed by atoms with Crippen molar-refractivity contribution in [3.63, 3.8) is 0 Å². The fraction of sp³-hybridized carbons (Fsp3) is 0.286. The van der Waals surface area contributed by atoms with Gasteiger partial charge < -0.3 is 19.9 Å². The number of carbonyl (C=O) groups is 1. The van der Waals surface area contributed by atoms with Gasteiger partial charge in [0.15, 0.2) is 0 Å². The van der Waals surface area contributed by atoms with Crippen LogP contribution in [0.15, 0.2) is 55.1 Å². The predicted molar refractivity (Wildman–Crippen MR) is 147 cm³/mol. The number of aromatic nitrogens is 4. The molecule has 0 aliphatic carbocycles. The van der Waals surface area contributed by atoms with E-state index in [1.807, 2.05) is 17.9 Å². The molecule has 0 bridgehead atoms. The average molecular weight is 547 g/mol.